The van der Waals surface area contributed by atoms with Gasteiger partial charge in [0.2, 0.25) is 0 Å². The molecule has 1 fully saturated rings. The summed E-state index contributed by atoms with van der Waals surface area (Å²) in [5.74, 6) is 0.0811. The minimum absolute atomic E-state index is 0.0341. The van der Waals surface area contributed by atoms with Gasteiger partial charge in [-0.2, -0.15) is 13.2 Å². The van der Waals surface area contributed by atoms with E-state index in [0.717, 1.165) is 12.5 Å². The number of hydrogen-bond donors (Lipinski definition) is 2. The van der Waals surface area contributed by atoms with E-state index in [0.29, 0.717) is 13.0 Å². The Morgan fingerprint density at radius 2 is 2.00 bits per heavy atom. The molecule has 0 radical (unpaired) electrons. The Bertz CT molecular complexity index is 405. The van der Waals surface area contributed by atoms with Crippen molar-refractivity contribution in [2.24, 2.45) is 5.92 Å². The van der Waals surface area contributed by atoms with Crippen LogP contribution in [0.5, 0.6) is 0 Å². The van der Waals surface area contributed by atoms with E-state index in [-0.39, 0.29) is 24.1 Å². The van der Waals surface area contributed by atoms with Crippen molar-refractivity contribution in [3.63, 3.8) is 0 Å². The quantitative estimate of drug-likeness (QED) is 0.856. The summed E-state index contributed by atoms with van der Waals surface area (Å²) in [5.41, 5.74) is -0.302. The van der Waals surface area contributed by atoms with Crippen LogP contribution in [0.4, 0.5) is 13.2 Å². The molecule has 100 valence electrons. The minimum atomic E-state index is -4.33. The van der Waals surface area contributed by atoms with Crippen molar-refractivity contribution in [1.29, 1.82) is 0 Å². The summed E-state index contributed by atoms with van der Waals surface area (Å²) in [4.78, 5) is 0. The zero-order chi connectivity index (χ0) is 13.2. The van der Waals surface area contributed by atoms with E-state index in [1.165, 1.54) is 12.1 Å². The zero-order valence-electron chi connectivity index (χ0n) is 9.87. The topological polar surface area (TPSA) is 32.3 Å². The second-order valence-corrected chi connectivity index (χ2v) is 4.66. The fourth-order valence-corrected chi connectivity index (χ4v) is 2.46. The third kappa shape index (κ3) is 2.84. The molecule has 1 heterocycles. The summed E-state index contributed by atoms with van der Waals surface area (Å²) in [6.07, 6.45) is -2.98. The van der Waals surface area contributed by atoms with Crippen LogP contribution in [0.25, 0.3) is 0 Å². The number of aliphatic hydroxyl groups is 1. The van der Waals surface area contributed by atoms with Crippen LogP contribution in [0, 0.1) is 5.92 Å². The third-order valence-electron chi connectivity index (χ3n) is 3.41. The second kappa shape index (κ2) is 5.28. The smallest absolute Gasteiger partial charge is 0.396 e. The number of alkyl halides is 3. The number of benzene rings is 1. The van der Waals surface area contributed by atoms with Gasteiger partial charge in [0.25, 0.3) is 0 Å². The molecule has 0 saturated carbocycles. The molecule has 1 saturated heterocycles. The first-order valence-electron chi connectivity index (χ1n) is 6.02. The molecule has 0 aromatic heterocycles. The van der Waals surface area contributed by atoms with Gasteiger partial charge in [-0.25, -0.2) is 0 Å². The predicted molar refractivity (Wildman–Crippen MR) is 62.0 cm³/mol. The first kappa shape index (κ1) is 13.4. The highest BCUT2D eigenvalue weighted by molar-refractivity contribution is 5.32. The average Bonchev–Trinajstić information content (AvgIpc) is 2.38. The molecule has 2 N–H and O–H groups in total. The highest BCUT2D eigenvalue weighted by Crippen LogP contribution is 2.37. The lowest BCUT2D eigenvalue weighted by Gasteiger charge is -2.31. The van der Waals surface area contributed by atoms with Crippen LogP contribution < -0.4 is 5.32 Å². The molecule has 2 rings (SSSR count). The van der Waals surface area contributed by atoms with Crippen LogP contribution in [-0.4, -0.2) is 18.3 Å². The standard InChI is InChI=1S/C13H16F3NO/c14-13(15,16)11-4-2-1-3-10(11)12-7-9(8-18)5-6-17-12/h1-4,9,12,17-18H,5-8H2. The molecular weight excluding hydrogens is 243 g/mol. The van der Waals surface area contributed by atoms with E-state index < -0.39 is 11.7 Å². The zero-order valence-corrected chi connectivity index (χ0v) is 9.87. The third-order valence-corrected chi connectivity index (χ3v) is 3.41. The Balaban J connectivity index is 2.27. The van der Waals surface area contributed by atoms with Crippen LogP contribution in [0.2, 0.25) is 0 Å². The molecule has 1 aliphatic rings. The summed E-state index contributed by atoms with van der Waals surface area (Å²) < 4.78 is 38.7. The van der Waals surface area contributed by atoms with Gasteiger partial charge in [-0.1, -0.05) is 18.2 Å². The van der Waals surface area contributed by atoms with Crippen molar-refractivity contribution in [3.8, 4) is 0 Å². The summed E-state index contributed by atoms with van der Waals surface area (Å²) >= 11 is 0. The molecule has 18 heavy (non-hydrogen) atoms. The lowest BCUT2D eigenvalue weighted by molar-refractivity contribution is -0.138. The van der Waals surface area contributed by atoms with Crippen molar-refractivity contribution in [3.05, 3.63) is 35.4 Å². The first-order chi connectivity index (χ1) is 8.52. The summed E-state index contributed by atoms with van der Waals surface area (Å²) in [7, 11) is 0. The molecule has 1 aromatic rings. The summed E-state index contributed by atoms with van der Waals surface area (Å²) in [6, 6.07) is 5.32. The van der Waals surface area contributed by atoms with Gasteiger partial charge >= 0.3 is 6.18 Å². The van der Waals surface area contributed by atoms with Gasteiger partial charge in [-0.05, 0) is 36.9 Å². The van der Waals surface area contributed by atoms with Gasteiger partial charge in [0.05, 0.1) is 5.56 Å². The average molecular weight is 259 g/mol. The molecule has 0 bridgehead atoms. The number of hydrogen-bond acceptors (Lipinski definition) is 2. The molecular formula is C13H16F3NO. The highest BCUT2D eigenvalue weighted by atomic mass is 19.4. The Labute approximate surface area is 104 Å². The minimum Gasteiger partial charge on any atom is -0.396 e. The van der Waals surface area contributed by atoms with E-state index in [4.69, 9.17) is 5.11 Å². The van der Waals surface area contributed by atoms with Gasteiger partial charge < -0.3 is 10.4 Å². The SMILES string of the molecule is OCC1CCNC(c2ccccc2C(F)(F)F)C1. The Hall–Kier alpha value is -1.07. The number of rotatable bonds is 2. The van der Waals surface area contributed by atoms with E-state index in [9.17, 15) is 13.2 Å². The van der Waals surface area contributed by atoms with Crippen LogP contribution in [-0.2, 0) is 6.18 Å². The molecule has 0 aliphatic carbocycles. The molecule has 1 aliphatic heterocycles. The number of piperidine rings is 1. The van der Waals surface area contributed by atoms with Crippen molar-refractivity contribution in [2.45, 2.75) is 25.1 Å². The Morgan fingerprint density at radius 1 is 1.28 bits per heavy atom. The van der Waals surface area contributed by atoms with Gasteiger partial charge in [-0.3, -0.25) is 0 Å². The fraction of sp³-hybridized carbons (Fsp3) is 0.538. The molecule has 2 atom stereocenters. The maximum Gasteiger partial charge on any atom is 0.416 e. The van der Waals surface area contributed by atoms with Crippen LogP contribution in [0.15, 0.2) is 24.3 Å². The fourth-order valence-electron chi connectivity index (χ4n) is 2.46. The monoisotopic (exact) mass is 259 g/mol. The maximum atomic E-state index is 12.9. The van der Waals surface area contributed by atoms with Gasteiger partial charge in [0.15, 0.2) is 0 Å². The van der Waals surface area contributed by atoms with Gasteiger partial charge in [0, 0.05) is 12.6 Å². The van der Waals surface area contributed by atoms with Gasteiger partial charge in [-0.15, -0.1) is 0 Å². The summed E-state index contributed by atoms with van der Waals surface area (Å²) in [5, 5.41) is 12.2. The van der Waals surface area contributed by atoms with E-state index in [2.05, 4.69) is 5.32 Å². The maximum absolute atomic E-state index is 12.9. The van der Waals surface area contributed by atoms with Gasteiger partial charge in [0.1, 0.15) is 0 Å². The van der Waals surface area contributed by atoms with Crippen LogP contribution in [0.1, 0.15) is 30.0 Å². The lowest BCUT2D eigenvalue weighted by Crippen LogP contribution is -2.34. The number of nitrogens with one attached hydrogen (secondary N) is 1. The van der Waals surface area contributed by atoms with Crippen LogP contribution in [0.3, 0.4) is 0 Å². The highest BCUT2D eigenvalue weighted by Gasteiger charge is 2.35. The number of aliphatic hydroxyl groups excluding tert-OH is 1. The number of halogens is 3. The normalized spacial score (nSPS) is 25.1. The predicted octanol–water partition coefficient (Wildman–Crippen LogP) is 2.74. The second-order valence-electron chi connectivity index (χ2n) is 4.66. The van der Waals surface area contributed by atoms with Crippen LogP contribution >= 0.6 is 0 Å². The first-order valence-corrected chi connectivity index (χ1v) is 6.02. The molecule has 0 spiro atoms. The lowest BCUT2D eigenvalue weighted by atomic mass is 9.87. The molecule has 0 amide bonds. The molecule has 2 unspecified atom stereocenters. The molecule has 5 heteroatoms. The molecule has 1 aromatic carbocycles. The largest absolute Gasteiger partial charge is 0.416 e. The van der Waals surface area contributed by atoms with Crippen molar-refractivity contribution in [2.75, 3.05) is 13.2 Å². The molecule has 2 nitrogen and oxygen atoms in total. The van der Waals surface area contributed by atoms with Crippen molar-refractivity contribution < 1.29 is 18.3 Å². The van der Waals surface area contributed by atoms with Crippen molar-refractivity contribution in [1.82, 2.24) is 5.32 Å². The van der Waals surface area contributed by atoms with Crippen molar-refractivity contribution >= 4 is 0 Å². The van der Waals surface area contributed by atoms with E-state index >= 15 is 0 Å². The van der Waals surface area contributed by atoms with E-state index in [1.54, 1.807) is 6.07 Å². The van der Waals surface area contributed by atoms with E-state index in [1.807, 2.05) is 0 Å². The summed E-state index contributed by atoms with van der Waals surface area (Å²) in [6.45, 7) is 0.675. The Morgan fingerprint density at radius 3 is 2.67 bits per heavy atom. The Kier molecular flexibility index (Phi) is 3.92.